The maximum Gasteiger partial charge on any atom is 0.337 e. The molecule has 0 radical (unpaired) electrons. The number of anilines is 1. The fourth-order valence-corrected chi connectivity index (χ4v) is 3.39. The Hall–Kier alpha value is -3.24. The van der Waals surface area contributed by atoms with Crippen LogP contribution in [-0.2, 0) is 20.8 Å². The molecule has 0 spiro atoms. The molecule has 0 aliphatic rings. The molecule has 3 rings (SSSR count). The summed E-state index contributed by atoms with van der Waals surface area (Å²) in [6.45, 7) is 1.04. The Bertz CT molecular complexity index is 992. The molecule has 1 aromatic carbocycles. The van der Waals surface area contributed by atoms with Gasteiger partial charge in [0.25, 0.3) is 0 Å². The van der Waals surface area contributed by atoms with E-state index in [4.69, 9.17) is 4.74 Å². The van der Waals surface area contributed by atoms with Crippen LogP contribution in [0, 0.1) is 0 Å². The van der Waals surface area contributed by atoms with Gasteiger partial charge in [0, 0.05) is 30.8 Å². The number of benzene rings is 1. The van der Waals surface area contributed by atoms with Gasteiger partial charge in [-0.15, -0.1) is 10.2 Å². The number of hydrogen-bond acceptors (Lipinski definition) is 8. The fourth-order valence-electron chi connectivity index (χ4n) is 2.63. The first kappa shape index (κ1) is 21.5. The molecule has 0 unspecified atom stereocenters. The Labute approximate surface area is 177 Å². The summed E-state index contributed by atoms with van der Waals surface area (Å²) in [6, 6.07) is 10.2. The third-order valence-electron chi connectivity index (χ3n) is 4.10. The molecule has 0 aliphatic carbocycles. The average molecular weight is 427 g/mol. The van der Waals surface area contributed by atoms with E-state index >= 15 is 0 Å². The smallest absolute Gasteiger partial charge is 0.337 e. The molecular weight excluding hydrogens is 406 g/mol. The monoisotopic (exact) mass is 427 g/mol. The predicted octanol–water partition coefficient (Wildman–Crippen LogP) is 2.50. The van der Waals surface area contributed by atoms with E-state index in [9.17, 15) is 9.59 Å². The molecule has 1 amide bonds. The maximum absolute atomic E-state index is 12.3. The first-order valence-corrected chi connectivity index (χ1v) is 10.0. The van der Waals surface area contributed by atoms with Gasteiger partial charge in [-0.1, -0.05) is 11.8 Å². The minimum Gasteiger partial charge on any atom is -0.465 e. The van der Waals surface area contributed by atoms with Gasteiger partial charge in [0.2, 0.25) is 5.91 Å². The number of carbonyl (C=O) groups excluding carboxylic acids is 2. The van der Waals surface area contributed by atoms with Gasteiger partial charge in [-0.2, -0.15) is 0 Å². The third-order valence-corrected chi connectivity index (χ3v) is 5.06. The van der Waals surface area contributed by atoms with Crippen LogP contribution in [-0.4, -0.2) is 58.2 Å². The lowest BCUT2D eigenvalue weighted by Crippen LogP contribution is -2.15. The molecular formula is C20H21N5O4S. The van der Waals surface area contributed by atoms with Crippen molar-refractivity contribution in [2.24, 2.45) is 0 Å². The molecule has 0 fully saturated rings. The summed E-state index contributed by atoms with van der Waals surface area (Å²) in [7, 11) is 2.95. The Morgan fingerprint density at radius 3 is 2.47 bits per heavy atom. The number of ether oxygens (including phenoxy) is 2. The van der Waals surface area contributed by atoms with Crippen molar-refractivity contribution in [1.82, 2.24) is 19.7 Å². The highest BCUT2D eigenvalue weighted by atomic mass is 32.2. The first-order chi connectivity index (χ1) is 14.6. The molecule has 0 bridgehead atoms. The topological polar surface area (TPSA) is 108 Å². The first-order valence-electron chi connectivity index (χ1n) is 9.06. The zero-order valence-electron chi connectivity index (χ0n) is 16.6. The van der Waals surface area contributed by atoms with Crippen molar-refractivity contribution < 1.29 is 19.1 Å². The average Bonchev–Trinajstić information content (AvgIpc) is 3.19. The van der Waals surface area contributed by atoms with Gasteiger partial charge in [0.05, 0.1) is 31.6 Å². The lowest BCUT2D eigenvalue weighted by molar-refractivity contribution is -0.113. The summed E-state index contributed by atoms with van der Waals surface area (Å²) in [4.78, 5) is 27.8. The van der Waals surface area contributed by atoms with Gasteiger partial charge >= 0.3 is 5.97 Å². The van der Waals surface area contributed by atoms with Crippen LogP contribution in [0.25, 0.3) is 11.4 Å². The second-order valence-corrected chi connectivity index (χ2v) is 7.03. The SMILES string of the molecule is COCCn1c(SCC(=O)Nc2ccc(C(=O)OC)cc2)nnc1-c1ccncc1. The van der Waals surface area contributed by atoms with E-state index in [1.165, 1.54) is 18.9 Å². The molecule has 0 saturated heterocycles. The number of amides is 1. The number of thioether (sulfide) groups is 1. The summed E-state index contributed by atoms with van der Waals surface area (Å²) in [5, 5.41) is 11.9. The summed E-state index contributed by atoms with van der Waals surface area (Å²) < 4.78 is 11.8. The molecule has 1 N–H and O–H groups in total. The molecule has 156 valence electrons. The maximum atomic E-state index is 12.3. The van der Waals surface area contributed by atoms with Crippen LogP contribution in [0.3, 0.4) is 0 Å². The fraction of sp³-hybridized carbons (Fsp3) is 0.250. The van der Waals surface area contributed by atoms with E-state index in [0.717, 1.165) is 5.56 Å². The van der Waals surface area contributed by atoms with E-state index in [2.05, 4.69) is 25.2 Å². The van der Waals surface area contributed by atoms with Gasteiger partial charge in [-0.05, 0) is 36.4 Å². The standard InChI is InChI=1S/C20H21N5O4S/c1-28-12-11-25-18(14-7-9-21-10-8-14)23-24-20(25)30-13-17(26)22-16-5-3-15(4-6-16)19(27)29-2/h3-10H,11-13H2,1-2H3,(H,22,26). The van der Waals surface area contributed by atoms with Crippen molar-refractivity contribution in [3.05, 3.63) is 54.4 Å². The van der Waals surface area contributed by atoms with Crippen molar-refractivity contribution in [2.45, 2.75) is 11.7 Å². The van der Waals surface area contributed by atoms with Crippen molar-refractivity contribution in [2.75, 3.05) is 31.9 Å². The second kappa shape index (κ2) is 10.5. The van der Waals surface area contributed by atoms with Crippen LogP contribution in [0.15, 0.2) is 53.9 Å². The Morgan fingerprint density at radius 1 is 1.07 bits per heavy atom. The normalized spacial score (nSPS) is 10.6. The van der Waals surface area contributed by atoms with Crippen LogP contribution in [0.5, 0.6) is 0 Å². The van der Waals surface area contributed by atoms with E-state index in [0.29, 0.717) is 35.4 Å². The number of hydrogen-bond donors (Lipinski definition) is 1. The largest absolute Gasteiger partial charge is 0.465 e. The van der Waals surface area contributed by atoms with E-state index in [1.54, 1.807) is 43.8 Å². The van der Waals surface area contributed by atoms with E-state index < -0.39 is 5.97 Å². The van der Waals surface area contributed by atoms with Crippen LogP contribution >= 0.6 is 11.8 Å². The number of nitrogens with zero attached hydrogens (tertiary/aromatic N) is 4. The van der Waals surface area contributed by atoms with E-state index in [1.807, 2.05) is 16.7 Å². The van der Waals surface area contributed by atoms with Gasteiger partial charge in [-0.25, -0.2) is 4.79 Å². The molecule has 2 aromatic heterocycles. The van der Waals surface area contributed by atoms with Gasteiger partial charge in [-0.3, -0.25) is 14.3 Å². The minimum absolute atomic E-state index is 0.153. The van der Waals surface area contributed by atoms with Gasteiger partial charge in [0.1, 0.15) is 0 Å². The molecule has 3 aromatic rings. The lowest BCUT2D eigenvalue weighted by Gasteiger charge is -2.10. The lowest BCUT2D eigenvalue weighted by atomic mass is 10.2. The van der Waals surface area contributed by atoms with Crippen LogP contribution in [0.1, 0.15) is 10.4 Å². The van der Waals surface area contributed by atoms with Crippen molar-refractivity contribution in [3.8, 4) is 11.4 Å². The summed E-state index contributed by atoms with van der Waals surface area (Å²) in [5.74, 6) is 0.220. The predicted molar refractivity (Wildman–Crippen MR) is 112 cm³/mol. The Balaban J connectivity index is 1.65. The number of pyridine rings is 1. The van der Waals surface area contributed by atoms with Crippen LogP contribution in [0.2, 0.25) is 0 Å². The van der Waals surface area contributed by atoms with Crippen LogP contribution < -0.4 is 5.32 Å². The number of nitrogens with one attached hydrogen (secondary N) is 1. The molecule has 0 saturated carbocycles. The summed E-state index contributed by atoms with van der Waals surface area (Å²) >= 11 is 1.28. The van der Waals surface area contributed by atoms with Crippen molar-refractivity contribution >= 4 is 29.3 Å². The highest BCUT2D eigenvalue weighted by Gasteiger charge is 2.16. The quantitative estimate of drug-likeness (QED) is 0.410. The van der Waals surface area contributed by atoms with E-state index in [-0.39, 0.29) is 11.7 Å². The molecule has 9 nitrogen and oxygen atoms in total. The Morgan fingerprint density at radius 2 is 1.80 bits per heavy atom. The summed E-state index contributed by atoms with van der Waals surface area (Å²) in [6.07, 6.45) is 3.38. The highest BCUT2D eigenvalue weighted by molar-refractivity contribution is 7.99. The molecule has 10 heteroatoms. The Kier molecular flexibility index (Phi) is 7.52. The molecule has 2 heterocycles. The zero-order valence-corrected chi connectivity index (χ0v) is 17.4. The third kappa shape index (κ3) is 5.43. The second-order valence-electron chi connectivity index (χ2n) is 6.09. The number of rotatable bonds is 9. The number of esters is 1. The number of methoxy groups -OCH3 is 2. The van der Waals surface area contributed by atoms with Crippen LogP contribution in [0.4, 0.5) is 5.69 Å². The van der Waals surface area contributed by atoms with Gasteiger partial charge < -0.3 is 14.8 Å². The molecule has 0 aliphatic heterocycles. The summed E-state index contributed by atoms with van der Waals surface area (Å²) in [5.41, 5.74) is 1.89. The molecule has 30 heavy (non-hydrogen) atoms. The number of carbonyl (C=O) groups is 2. The van der Waals surface area contributed by atoms with Gasteiger partial charge in [0.15, 0.2) is 11.0 Å². The number of aromatic nitrogens is 4. The van der Waals surface area contributed by atoms with Crippen molar-refractivity contribution in [3.63, 3.8) is 0 Å². The highest BCUT2D eigenvalue weighted by Crippen LogP contribution is 2.24. The molecule has 0 atom stereocenters. The van der Waals surface area contributed by atoms with Crippen molar-refractivity contribution in [1.29, 1.82) is 0 Å². The zero-order chi connectivity index (χ0) is 21.3. The minimum atomic E-state index is -0.427.